The van der Waals surface area contributed by atoms with Crippen molar-refractivity contribution in [2.24, 2.45) is 5.73 Å². The molecule has 4 N–H and O–H groups in total. The number of aliphatic hydroxyl groups excluding tert-OH is 2. The van der Waals surface area contributed by atoms with Crippen LogP contribution in [0.1, 0.15) is 0 Å². The van der Waals surface area contributed by atoms with E-state index in [0.29, 0.717) is 0 Å². The lowest BCUT2D eigenvalue weighted by Gasteiger charge is -2.05. The van der Waals surface area contributed by atoms with Crippen LogP contribution in [0.25, 0.3) is 0 Å². The number of carbonyl (C=O) groups excluding carboxylic acids is 3. The standard InChI is InChI=1S/C6H9NO7/c7-3(1-8)5(11)13-14-6(12)4(10)2-9/h3,8-9H,1-2,7H2. The fourth-order valence-corrected chi connectivity index (χ4v) is 0.326. The Hall–Kier alpha value is -1.51. The Balaban J connectivity index is 3.89. The van der Waals surface area contributed by atoms with Gasteiger partial charge in [-0.2, -0.15) is 0 Å². The Labute approximate surface area is 78.1 Å². The third-order valence-electron chi connectivity index (χ3n) is 1.07. The molecule has 0 heterocycles. The van der Waals surface area contributed by atoms with E-state index < -0.39 is 37.0 Å². The second kappa shape index (κ2) is 6.02. The molecule has 80 valence electrons. The van der Waals surface area contributed by atoms with Crippen LogP contribution in [-0.4, -0.2) is 47.2 Å². The zero-order chi connectivity index (χ0) is 11.1. The number of ketones is 1. The van der Waals surface area contributed by atoms with Gasteiger partial charge in [-0.05, 0) is 0 Å². The van der Waals surface area contributed by atoms with Crippen molar-refractivity contribution in [3.63, 3.8) is 0 Å². The molecule has 8 heteroatoms. The molecule has 0 aliphatic heterocycles. The third kappa shape index (κ3) is 3.94. The van der Waals surface area contributed by atoms with Crippen molar-refractivity contribution in [2.75, 3.05) is 13.2 Å². The zero-order valence-electron chi connectivity index (χ0n) is 7.00. The number of hydrogen-bond acceptors (Lipinski definition) is 8. The van der Waals surface area contributed by atoms with Crippen LogP contribution in [0.3, 0.4) is 0 Å². The highest BCUT2D eigenvalue weighted by Gasteiger charge is 2.20. The van der Waals surface area contributed by atoms with Crippen LogP contribution in [0.4, 0.5) is 0 Å². The Morgan fingerprint density at radius 3 is 2.21 bits per heavy atom. The summed E-state index contributed by atoms with van der Waals surface area (Å²) in [5, 5.41) is 16.5. The van der Waals surface area contributed by atoms with Gasteiger partial charge >= 0.3 is 11.9 Å². The lowest BCUT2D eigenvalue weighted by molar-refractivity contribution is -0.258. The van der Waals surface area contributed by atoms with Gasteiger partial charge < -0.3 is 15.9 Å². The molecule has 1 atom stereocenters. The van der Waals surface area contributed by atoms with E-state index in [9.17, 15) is 14.4 Å². The number of rotatable bonds is 4. The molecule has 0 fully saturated rings. The average molecular weight is 207 g/mol. The van der Waals surface area contributed by atoms with Crippen molar-refractivity contribution in [3.8, 4) is 0 Å². The highest BCUT2D eigenvalue weighted by molar-refractivity contribution is 6.34. The highest BCUT2D eigenvalue weighted by Crippen LogP contribution is 1.88. The van der Waals surface area contributed by atoms with Crippen LogP contribution in [-0.2, 0) is 24.2 Å². The van der Waals surface area contributed by atoms with E-state index in [0.717, 1.165) is 0 Å². The molecule has 0 bridgehead atoms. The molecule has 0 aliphatic rings. The summed E-state index contributed by atoms with van der Waals surface area (Å²) in [5.41, 5.74) is 4.96. The van der Waals surface area contributed by atoms with E-state index >= 15 is 0 Å². The first-order valence-electron chi connectivity index (χ1n) is 3.45. The van der Waals surface area contributed by atoms with Crippen LogP contribution in [0.2, 0.25) is 0 Å². The second-order valence-electron chi connectivity index (χ2n) is 2.14. The normalized spacial score (nSPS) is 11.6. The molecule has 0 radical (unpaired) electrons. The summed E-state index contributed by atoms with van der Waals surface area (Å²) >= 11 is 0. The monoisotopic (exact) mass is 207 g/mol. The molecular formula is C6H9NO7. The molecule has 0 spiro atoms. The smallest absolute Gasteiger partial charge is 0.394 e. The summed E-state index contributed by atoms with van der Waals surface area (Å²) in [6, 6.07) is -1.35. The molecule has 0 aromatic carbocycles. The molecule has 1 unspecified atom stereocenters. The van der Waals surface area contributed by atoms with Gasteiger partial charge in [0.05, 0.1) is 6.61 Å². The van der Waals surface area contributed by atoms with Crippen LogP contribution in [0.5, 0.6) is 0 Å². The SMILES string of the molecule is NC(CO)C(=O)OOC(=O)C(=O)CO. The quantitative estimate of drug-likeness (QED) is 0.250. The van der Waals surface area contributed by atoms with E-state index in [1.165, 1.54) is 0 Å². The number of aliphatic hydroxyl groups is 2. The lowest BCUT2D eigenvalue weighted by atomic mass is 10.3. The van der Waals surface area contributed by atoms with E-state index in [4.69, 9.17) is 15.9 Å². The Bertz CT molecular complexity index is 238. The summed E-state index contributed by atoms with van der Waals surface area (Å²) in [7, 11) is 0. The van der Waals surface area contributed by atoms with Crippen molar-refractivity contribution in [1.29, 1.82) is 0 Å². The third-order valence-corrected chi connectivity index (χ3v) is 1.07. The Morgan fingerprint density at radius 2 is 1.79 bits per heavy atom. The predicted octanol–water partition coefficient (Wildman–Crippen LogP) is -3.13. The summed E-state index contributed by atoms with van der Waals surface area (Å²) in [6.45, 7) is -1.74. The molecule has 0 saturated carbocycles. The van der Waals surface area contributed by atoms with Gasteiger partial charge in [0.2, 0.25) is 0 Å². The maximum atomic E-state index is 10.6. The van der Waals surface area contributed by atoms with E-state index in [2.05, 4.69) is 9.78 Å². The Kier molecular flexibility index (Phi) is 5.37. The summed E-state index contributed by atoms with van der Waals surface area (Å²) in [5.74, 6) is -3.99. The molecule has 0 amide bonds. The van der Waals surface area contributed by atoms with Gasteiger partial charge in [0, 0.05) is 0 Å². The van der Waals surface area contributed by atoms with Gasteiger partial charge in [0.25, 0.3) is 5.78 Å². The topological polar surface area (TPSA) is 136 Å². The van der Waals surface area contributed by atoms with Crippen LogP contribution in [0.15, 0.2) is 0 Å². The van der Waals surface area contributed by atoms with Crippen molar-refractivity contribution < 1.29 is 34.4 Å². The number of nitrogens with two attached hydrogens (primary N) is 1. The van der Waals surface area contributed by atoms with Crippen LogP contribution >= 0.6 is 0 Å². The first-order valence-corrected chi connectivity index (χ1v) is 3.45. The van der Waals surface area contributed by atoms with Crippen molar-refractivity contribution in [3.05, 3.63) is 0 Å². The number of hydrogen-bond donors (Lipinski definition) is 3. The maximum absolute atomic E-state index is 10.6. The predicted molar refractivity (Wildman–Crippen MR) is 39.3 cm³/mol. The number of Topliss-reactive ketones (excluding diaryl/α,β-unsaturated/α-hetero) is 1. The molecule has 0 aromatic heterocycles. The van der Waals surface area contributed by atoms with Crippen LogP contribution < -0.4 is 5.73 Å². The van der Waals surface area contributed by atoms with E-state index in [1.807, 2.05) is 0 Å². The van der Waals surface area contributed by atoms with Gasteiger partial charge in [0.1, 0.15) is 12.6 Å². The van der Waals surface area contributed by atoms with Gasteiger partial charge in [-0.15, -0.1) is 0 Å². The molecule has 0 saturated heterocycles. The molecule has 8 nitrogen and oxygen atoms in total. The first kappa shape index (κ1) is 12.5. The minimum Gasteiger partial charge on any atom is -0.394 e. The highest BCUT2D eigenvalue weighted by atomic mass is 17.2. The molecule has 0 rings (SSSR count). The lowest BCUT2D eigenvalue weighted by Crippen LogP contribution is -2.36. The zero-order valence-corrected chi connectivity index (χ0v) is 7.00. The molecule has 14 heavy (non-hydrogen) atoms. The summed E-state index contributed by atoms with van der Waals surface area (Å²) in [4.78, 5) is 38.9. The minimum atomic E-state index is -1.52. The summed E-state index contributed by atoms with van der Waals surface area (Å²) < 4.78 is 0. The Morgan fingerprint density at radius 1 is 1.21 bits per heavy atom. The maximum Gasteiger partial charge on any atom is 0.424 e. The van der Waals surface area contributed by atoms with Gasteiger partial charge in [0.15, 0.2) is 0 Å². The van der Waals surface area contributed by atoms with Crippen molar-refractivity contribution >= 4 is 17.7 Å². The molecule has 0 aromatic rings. The largest absolute Gasteiger partial charge is 0.424 e. The molecule has 0 aliphatic carbocycles. The molecular weight excluding hydrogens is 198 g/mol. The fourth-order valence-electron chi connectivity index (χ4n) is 0.326. The van der Waals surface area contributed by atoms with E-state index in [-0.39, 0.29) is 0 Å². The summed E-state index contributed by atoms with van der Waals surface area (Å²) in [6.07, 6.45) is 0. The average Bonchev–Trinajstić information content (AvgIpc) is 2.22. The first-order chi connectivity index (χ1) is 6.52. The van der Waals surface area contributed by atoms with Crippen LogP contribution in [0, 0.1) is 0 Å². The van der Waals surface area contributed by atoms with Gasteiger partial charge in [-0.1, -0.05) is 0 Å². The van der Waals surface area contributed by atoms with Crippen molar-refractivity contribution in [2.45, 2.75) is 6.04 Å². The van der Waals surface area contributed by atoms with E-state index in [1.54, 1.807) is 0 Å². The van der Waals surface area contributed by atoms with Gasteiger partial charge in [-0.3, -0.25) is 4.79 Å². The fraction of sp³-hybridized carbons (Fsp3) is 0.500. The minimum absolute atomic E-state index is 0.690. The second-order valence-corrected chi connectivity index (χ2v) is 2.14. The van der Waals surface area contributed by atoms with Crippen molar-refractivity contribution in [1.82, 2.24) is 0 Å². The van der Waals surface area contributed by atoms with Gasteiger partial charge in [-0.25, -0.2) is 19.4 Å². The number of carbonyl (C=O) groups is 3.